The molecular formula is C27H33BrN6O3. The first-order chi connectivity index (χ1) is 17.5. The van der Waals surface area contributed by atoms with Crippen LogP contribution in [-0.4, -0.2) is 56.2 Å². The molecule has 10 heteroatoms. The van der Waals surface area contributed by atoms with E-state index in [-0.39, 0.29) is 18.0 Å². The smallest absolute Gasteiger partial charge is 0.407 e. The van der Waals surface area contributed by atoms with E-state index in [1.54, 1.807) is 24.7 Å². The lowest BCUT2D eigenvalue weighted by Gasteiger charge is -2.33. The number of halogens is 1. The quantitative estimate of drug-likeness (QED) is 0.430. The Balaban J connectivity index is 1.51. The van der Waals surface area contributed by atoms with Gasteiger partial charge >= 0.3 is 6.09 Å². The molecule has 1 aliphatic rings. The summed E-state index contributed by atoms with van der Waals surface area (Å²) in [6.07, 6.45) is 6.79. The highest BCUT2D eigenvalue weighted by atomic mass is 79.9. The third-order valence-corrected chi connectivity index (χ3v) is 6.33. The van der Waals surface area contributed by atoms with Crippen molar-refractivity contribution in [3.05, 3.63) is 70.5 Å². The van der Waals surface area contributed by atoms with Crippen molar-refractivity contribution < 1.29 is 14.3 Å². The fraction of sp³-hybridized carbons (Fsp3) is 0.407. The largest absolute Gasteiger partial charge is 0.444 e. The minimum absolute atomic E-state index is 0.0184. The average molecular weight is 570 g/mol. The number of amides is 2. The first-order valence-corrected chi connectivity index (χ1v) is 13.1. The van der Waals surface area contributed by atoms with Gasteiger partial charge in [0.25, 0.3) is 5.91 Å². The van der Waals surface area contributed by atoms with E-state index in [4.69, 9.17) is 4.74 Å². The molecule has 2 aromatic heterocycles. The van der Waals surface area contributed by atoms with Crippen molar-refractivity contribution >= 4 is 33.6 Å². The van der Waals surface area contributed by atoms with E-state index in [2.05, 4.69) is 47.5 Å². The zero-order valence-electron chi connectivity index (χ0n) is 21.6. The molecule has 0 aliphatic carbocycles. The van der Waals surface area contributed by atoms with Gasteiger partial charge in [0.1, 0.15) is 11.3 Å². The van der Waals surface area contributed by atoms with Crippen LogP contribution in [0.2, 0.25) is 0 Å². The second kappa shape index (κ2) is 11.4. The predicted molar refractivity (Wildman–Crippen MR) is 146 cm³/mol. The number of ether oxygens (including phenoxy) is 1. The van der Waals surface area contributed by atoms with E-state index in [1.165, 1.54) is 0 Å². The average Bonchev–Trinajstić information content (AvgIpc) is 3.24. The lowest BCUT2D eigenvalue weighted by molar-refractivity contribution is 0.0470. The minimum Gasteiger partial charge on any atom is -0.444 e. The zero-order valence-corrected chi connectivity index (χ0v) is 23.2. The summed E-state index contributed by atoms with van der Waals surface area (Å²) in [5, 5.41) is 6.00. The third kappa shape index (κ3) is 7.87. The van der Waals surface area contributed by atoms with Gasteiger partial charge in [-0.15, -0.1) is 0 Å². The van der Waals surface area contributed by atoms with Crippen molar-refractivity contribution in [2.75, 3.05) is 18.4 Å². The lowest BCUT2D eigenvalue weighted by Crippen LogP contribution is -2.48. The zero-order chi connectivity index (χ0) is 26.6. The number of aromatic nitrogens is 3. The van der Waals surface area contributed by atoms with Crippen LogP contribution in [0.4, 0.5) is 10.5 Å². The number of nitrogens with one attached hydrogen (secondary N) is 2. The number of piperidine rings is 1. The highest BCUT2D eigenvalue weighted by molar-refractivity contribution is 9.10. The van der Waals surface area contributed by atoms with Crippen LogP contribution in [0.1, 0.15) is 55.4 Å². The van der Waals surface area contributed by atoms with Gasteiger partial charge in [-0.1, -0.05) is 15.9 Å². The van der Waals surface area contributed by atoms with Crippen LogP contribution >= 0.6 is 15.9 Å². The summed E-state index contributed by atoms with van der Waals surface area (Å²) in [5.41, 5.74) is 3.31. The predicted octanol–water partition coefficient (Wildman–Crippen LogP) is 5.08. The molecule has 1 saturated heterocycles. The first-order valence-electron chi connectivity index (χ1n) is 12.3. The lowest BCUT2D eigenvalue weighted by atomic mass is 10.0. The molecule has 9 nitrogen and oxygen atoms in total. The van der Waals surface area contributed by atoms with Crippen molar-refractivity contribution in [1.82, 2.24) is 24.8 Å². The molecular weight excluding hydrogens is 536 g/mol. The van der Waals surface area contributed by atoms with Gasteiger partial charge in [0.15, 0.2) is 0 Å². The Morgan fingerprint density at radius 1 is 1.19 bits per heavy atom. The Labute approximate surface area is 225 Å². The number of benzene rings is 1. The molecule has 37 heavy (non-hydrogen) atoms. The molecule has 196 valence electrons. The molecule has 1 aromatic carbocycles. The number of aryl methyl sites for hydroxylation is 1. The molecule has 1 unspecified atom stereocenters. The van der Waals surface area contributed by atoms with Crippen molar-refractivity contribution in [3.63, 3.8) is 0 Å². The maximum Gasteiger partial charge on any atom is 0.407 e. The third-order valence-electron chi connectivity index (χ3n) is 5.83. The molecule has 0 saturated carbocycles. The summed E-state index contributed by atoms with van der Waals surface area (Å²) in [6, 6.07) is 9.48. The van der Waals surface area contributed by atoms with Gasteiger partial charge in [-0.2, -0.15) is 0 Å². The Kier molecular flexibility index (Phi) is 8.29. The van der Waals surface area contributed by atoms with Crippen molar-refractivity contribution in [2.45, 2.75) is 58.7 Å². The number of imidazole rings is 1. The van der Waals surface area contributed by atoms with E-state index in [0.29, 0.717) is 17.9 Å². The maximum atomic E-state index is 12.9. The SMILES string of the molecule is Cc1cn(-c2cc(CN3CCCC(NC(=O)OC(C)(C)C)C3)cc(NC(=O)c3cc(Br)ccn3)c2)cn1. The number of hydrogen-bond acceptors (Lipinski definition) is 6. The van der Waals surface area contributed by atoms with Crippen molar-refractivity contribution in [3.8, 4) is 5.69 Å². The fourth-order valence-corrected chi connectivity index (χ4v) is 4.66. The normalized spacial score (nSPS) is 16.3. The number of likely N-dealkylation sites (tertiary alicyclic amines) is 1. The van der Waals surface area contributed by atoms with Crippen LogP contribution < -0.4 is 10.6 Å². The molecule has 3 aromatic rings. The van der Waals surface area contributed by atoms with Crippen LogP contribution in [0.25, 0.3) is 5.69 Å². The number of alkyl carbamates (subject to hydrolysis) is 1. The van der Waals surface area contributed by atoms with Crippen LogP contribution in [-0.2, 0) is 11.3 Å². The van der Waals surface area contributed by atoms with Gasteiger partial charge < -0.3 is 19.9 Å². The molecule has 2 amide bonds. The second-order valence-electron chi connectivity index (χ2n) is 10.3. The highest BCUT2D eigenvalue weighted by Gasteiger charge is 2.24. The topological polar surface area (TPSA) is 101 Å². The number of pyridine rings is 1. The van der Waals surface area contributed by atoms with Gasteiger partial charge in [-0.05, 0) is 83.0 Å². The number of carbonyl (C=O) groups excluding carboxylic acids is 2. The Morgan fingerprint density at radius 3 is 2.70 bits per heavy atom. The second-order valence-corrected chi connectivity index (χ2v) is 11.3. The summed E-state index contributed by atoms with van der Waals surface area (Å²) in [6.45, 7) is 9.83. The molecule has 4 rings (SSSR count). The van der Waals surface area contributed by atoms with Crippen LogP contribution in [0, 0.1) is 6.92 Å². The molecule has 3 heterocycles. The molecule has 2 N–H and O–H groups in total. The number of rotatable bonds is 6. The summed E-state index contributed by atoms with van der Waals surface area (Å²) >= 11 is 3.39. The van der Waals surface area contributed by atoms with Gasteiger partial charge in [0, 0.05) is 47.4 Å². The van der Waals surface area contributed by atoms with Gasteiger partial charge in [0.2, 0.25) is 0 Å². The molecule has 1 fully saturated rings. The number of nitrogens with zero attached hydrogens (tertiary/aromatic N) is 4. The summed E-state index contributed by atoms with van der Waals surface area (Å²) < 4.78 is 8.16. The van der Waals surface area contributed by atoms with Gasteiger partial charge in [-0.25, -0.2) is 9.78 Å². The van der Waals surface area contributed by atoms with Gasteiger partial charge in [0.05, 0.1) is 12.0 Å². The standard InChI is InChI=1S/C27H33BrN6O3/c1-18-14-34(17-30-18)23-11-19(10-22(13-23)31-25(35)24-12-20(28)7-8-29-24)15-33-9-5-6-21(16-33)32-26(36)37-27(2,3)4/h7-8,10-14,17,21H,5-6,9,15-16H2,1-4H3,(H,31,35)(H,32,36). The molecule has 1 aliphatic heterocycles. The van der Waals surface area contributed by atoms with Gasteiger partial charge in [-0.3, -0.25) is 14.7 Å². The summed E-state index contributed by atoms with van der Waals surface area (Å²) in [7, 11) is 0. The highest BCUT2D eigenvalue weighted by Crippen LogP contribution is 2.23. The minimum atomic E-state index is -0.531. The van der Waals surface area contributed by atoms with Crippen molar-refractivity contribution in [1.29, 1.82) is 0 Å². The number of carbonyl (C=O) groups is 2. The molecule has 1 atom stereocenters. The fourth-order valence-electron chi connectivity index (χ4n) is 4.32. The van der Waals surface area contributed by atoms with E-state index >= 15 is 0 Å². The Hall–Kier alpha value is -3.24. The van der Waals surface area contributed by atoms with Crippen LogP contribution in [0.5, 0.6) is 0 Å². The Morgan fingerprint density at radius 2 is 2.00 bits per heavy atom. The van der Waals surface area contributed by atoms with E-state index in [9.17, 15) is 9.59 Å². The van der Waals surface area contributed by atoms with Crippen molar-refractivity contribution in [2.24, 2.45) is 0 Å². The molecule has 0 radical (unpaired) electrons. The summed E-state index contributed by atoms with van der Waals surface area (Å²) in [4.78, 5) is 36.0. The summed E-state index contributed by atoms with van der Waals surface area (Å²) in [5.74, 6) is -0.286. The van der Waals surface area contributed by atoms with Crippen LogP contribution in [0.15, 0.2) is 53.5 Å². The number of hydrogen-bond donors (Lipinski definition) is 2. The molecule has 0 spiro atoms. The first kappa shape index (κ1) is 26.8. The maximum absolute atomic E-state index is 12.9. The van der Waals surface area contributed by atoms with E-state index < -0.39 is 5.60 Å². The van der Waals surface area contributed by atoms with E-state index in [0.717, 1.165) is 47.3 Å². The van der Waals surface area contributed by atoms with E-state index in [1.807, 2.05) is 50.6 Å². The monoisotopic (exact) mass is 568 g/mol. The number of anilines is 1. The molecule has 0 bridgehead atoms. The Bertz CT molecular complexity index is 1270. The van der Waals surface area contributed by atoms with Crippen LogP contribution in [0.3, 0.4) is 0 Å².